The molecule has 3 heteroatoms. The zero-order valence-corrected chi connectivity index (χ0v) is 31.9. The number of rotatable bonds is 9. The second kappa shape index (κ2) is 11.8. The zero-order valence-electron chi connectivity index (χ0n) is 30.0. The van der Waals surface area contributed by atoms with Crippen molar-refractivity contribution in [3.05, 3.63) is 112 Å². The third-order valence-corrected chi connectivity index (χ3v) is 22.1. The lowest BCUT2D eigenvalue weighted by Crippen LogP contribution is -2.53. The fourth-order valence-corrected chi connectivity index (χ4v) is 20.9. The summed E-state index contributed by atoms with van der Waals surface area (Å²) < 4.78 is 8.32. The van der Waals surface area contributed by atoms with E-state index in [4.69, 9.17) is 4.43 Å². The Balaban J connectivity index is 1.60. The molecular formula is C43H57OPSi. The zero-order chi connectivity index (χ0) is 32.6. The molecular weight excluding hydrogens is 592 g/mol. The van der Waals surface area contributed by atoms with E-state index in [0.717, 1.165) is 17.8 Å². The van der Waals surface area contributed by atoms with Crippen molar-refractivity contribution in [3.63, 3.8) is 0 Å². The number of allylic oxidation sites excluding steroid dienone is 2. The quantitative estimate of drug-likeness (QED) is 0.127. The highest BCUT2D eigenvalue weighted by Crippen LogP contribution is 2.88. The van der Waals surface area contributed by atoms with Gasteiger partial charge in [0.25, 0.3) is 8.32 Å². The summed E-state index contributed by atoms with van der Waals surface area (Å²) in [6.07, 6.45) is 8.38. The van der Waals surface area contributed by atoms with Gasteiger partial charge in [0, 0.05) is 10.7 Å². The Morgan fingerprint density at radius 3 is 1.48 bits per heavy atom. The van der Waals surface area contributed by atoms with Gasteiger partial charge in [-0.1, -0.05) is 120 Å². The summed E-state index contributed by atoms with van der Waals surface area (Å²) in [4.78, 5) is 0. The highest BCUT2D eigenvalue weighted by atomic mass is 31.1. The Hall–Kier alpha value is -2.15. The van der Waals surface area contributed by atoms with Crippen LogP contribution < -0.4 is 5.30 Å². The van der Waals surface area contributed by atoms with Crippen molar-refractivity contribution >= 4 is 21.5 Å². The molecule has 0 spiro atoms. The van der Waals surface area contributed by atoms with Crippen LogP contribution >= 0.6 is 7.92 Å². The molecule has 46 heavy (non-hydrogen) atoms. The van der Waals surface area contributed by atoms with Gasteiger partial charge in [0.1, 0.15) is 0 Å². The minimum Gasteiger partial charge on any atom is -0.545 e. The molecule has 1 atom stereocenters. The molecule has 4 aliphatic carbocycles. The van der Waals surface area contributed by atoms with Gasteiger partial charge in [0.15, 0.2) is 0 Å². The van der Waals surface area contributed by atoms with Crippen LogP contribution in [-0.4, -0.2) is 8.32 Å². The minimum absolute atomic E-state index is 0.160. The summed E-state index contributed by atoms with van der Waals surface area (Å²) in [5.41, 5.74) is 9.03. The third kappa shape index (κ3) is 4.86. The first-order chi connectivity index (χ1) is 21.9. The van der Waals surface area contributed by atoms with E-state index in [0.29, 0.717) is 16.6 Å². The molecule has 3 aromatic carbocycles. The maximum absolute atomic E-state index is 8.32. The van der Waals surface area contributed by atoms with Crippen molar-refractivity contribution in [3.8, 4) is 0 Å². The molecule has 0 radical (unpaired) electrons. The Morgan fingerprint density at radius 1 is 0.674 bits per heavy atom. The highest BCUT2D eigenvalue weighted by molar-refractivity contribution is 7.80. The topological polar surface area (TPSA) is 9.23 Å². The van der Waals surface area contributed by atoms with Crippen molar-refractivity contribution in [1.82, 2.24) is 0 Å². The first kappa shape index (κ1) is 32.4. The normalized spacial score (nSPS) is 29.1. The van der Waals surface area contributed by atoms with Gasteiger partial charge in [0.2, 0.25) is 0 Å². The van der Waals surface area contributed by atoms with Crippen molar-refractivity contribution in [2.75, 3.05) is 0 Å². The average molecular weight is 649 g/mol. The van der Waals surface area contributed by atoms with Crippen molar-refractivity contribution in [2.45, 2.75) is 123 Å². The number of hydrogen-bond donors (Lipinski definition) is 0. The summed E-state index contributed by atoms with van der Waals surface area (Å²) in [6.45, 7) is 21.9. The molecule has 244 valence electrons. The van der Waals surface area contributed by atoms with E-state index in [-0.39, 0.29) is 10.6 Å². The SMILES string of the molecule is Cc1cc(C)c(P2/C(=C(\O[Si](C(C)C)(C(C)C)C(C)C)C34CC5CC(CC(C5)C3)C4)C2(c2ccccc2)c2ccccc2)c(C)c1. The summed E-state index contributed by atoms with van der Waals surface area (Å²) in [6, 6.07) is 28.1. The molecule has 5 aliphatic rings. The van der Waals surface area contributed by atoms with Crippen LogP contribution in [0.5, 0.6) is 0 Å². The van der Waals surface area contributed by atoms with Crippen LogP contribution in [0.3, 0.4) is 0 Å². The van der Waals surface area contributed by atoms with Gasteiger partial charge in [-0.15, -0.1) is 0 Å². The first-order valence-electron chi connectivity index (χ1n) is 18.4. The predicted octanol–water partition coefficient (Wildman–Crippen LogP) is 12.3. The van der Waals surface area contributed by atoms with Crippen LogP contribution in [0.25, 0.3) is 0 Å². The Bertz CT molecular complexity index is 1500. The van der Waals surface area contributed by atoms with Crippen LogP contribution in [-0.2, 0) is 9.58 Å². The van der Waals surface area contributed by atoms with Crippen LogP contribution in [0.15, 0.2) is 83.9 Å². The van der Waals surface area contributed by atoms with Gasteiger partial charge in [-0.2, -0.15) is 0 Å². The molecule has 1 heterocycles. The molecule has 1 nitrogen and oxygen atoms in total. The van der Waals surface area contributed by atoms with Crippen molar-refractivity contribution in [1.29, 1.82) is 0 Å². The van der Waals surface area contributed by atoms with E-state index in [2.05, 4.69) is 135 Å². The van der Waals surface area contributed by atoms with Crippen LogP contribution in [0.4, 0.5) is 0 Å². The molecule has 3 aromatic rings. The van der Waals surface area contributed by atoms with Gasteiger partial charge in [0.05, 0.1) is 10.9 Å². The van der Waals surface area contributed by atoms with Crippen LogP contribution in [0.2, 0.25) is 16.6 Å². The summed E-state index contributed by atoms with van der Waals surface area (Å²) in [5.74, 6) is 4.12. The Labute approximate surface area is 282 Å². The maximum Gasteiger partial charge on any atom is 0.258 e. The summed E-state index contributed by atoms with van der Waals surface area (Å²) in [5, 5.41) is 3.11. The lowest BCUT2D eigenvalue weighted by molar-refractivity contribution is -0.0497. The standard InChI is InChI=1S/C43H57OPSi/c1-28(2)46(29(3)4,30(5)6)44-40(42-25-34-22-35(26-42)24-36(23-34)27-42)41-43(37-16-12-10-13-17-37,38-18-14-11-15-19-38)45(41)39-32(8)20-31(7)21-33(39)9/h10-21,28-30,34-36H,22-27H2,1-9H3/b41-40-. The average Bonchev–Trinajstić information content (AvgIpc) is 3.66. The van der Waals surface area contributed by atoms with Gasteiger partial charge in [-0.25, -0.2) is 0 Å². The summed E-state index contributed by atoms with van der Waals surface area (Å²) in [7, 11) is -2.93. The minimum atomic E-state index is -2.24. The molecule has 0 aromatic heterocycles. The van der Waals surface area contributed by atoms with E-state index < -0.39 is 16.2 Å². The fourth-order valence-electron chi connectivity index (χ4n) is 11.7. The lowest BCUT2D eigenvalue weighted by Gasteiger charge is -2.58. The van der Waals surface area contributed by atoms with E-state index in [1.54, 1.807) is 10.6 Å². The Morgan fingerprint density at radius 2 is 1.09 bits per heavy atom. The predicted molar refractivity (Wildman–Crippen MR) is 201 cm³/mol. The first-order valence-corrected chi connectivity index (χ1v) is 21.9. The number of hydrogen-bond acceptors (Lipinski definition) is 1. The molecule has 0 amide bonds. The Kier molecular flexibility index (Phi) is 8.29. The second-order valence-corrected chi connectivity index (χ2v) is 24.4. The monoisotopic (exact) mass is 648 g/mol. The molecule has 5 fully saturated rings. The molecule has 1 unspecified atom stereocenters. The van der Waals surface area contributed by atoms with E-state index in [1.165, 1.54) is 72.1 Å². The highest BCUT2D eigenvalue weighted by Gasteiger charge is 2.69. The smallest absolute Gasteiger partial charge is 0.258 e. The van der Waals surface area contributed by atoms with Crippen molar-refractivity contribution < 1.29 is 4.43 Å². The van der Waals surface area contributed by atoms with E-state index in [1.807, 2.05) is 0 Å². The summed E-state index contributed by atoms with van der Waals surface area (Å²) >= 11 is 0. The van der Waals surface area contributed by atoms with Gasteiger partial charge < -0.3 is 4.43 Å². The molecule has 8 rings (SSSR count). The van der Waals surface area contributed by atoms with Gasteiger partial charge >= 0.3 is 0 Å². The molecule has 1 aliphatic heterocycles. The van der Waals surface area contributed by atoms with E-state index >= 15 is 0 Å². The number of aryl methyl sites for hydroxylation is 3. The third-order valence-electron chi connectivity index (χ3n) is 12.8. The van der Waals surface area contributed by atoms with Gasteiger partial charge in [-0.05, 0) is 129 Å². The molecule has 0 N–H and O–H groups in total. The number of benzene rings is 3. The van der Waals surface area contributed by atoms with Crippen LogP contribution in [0, 0.1) is 43.9 Å². The second-order valence-electron chi connectivity index (χ2n) is 16.8. The van der Waals surface area contributed by atoms with Gasteiger partial charge in [-0.3, -0.25) is 0 Å². The van der Waals surface area contributed by atoms with Crippen molar-refractivity contribution in [2.24, 2.45) is 23.2 Å². The largest absolute Gasteiger partial charge is 0.545 e. The van der Waals surface area contributed by atoms with E-state index in [9.17, 15) is 0 Å². The fraction of sp³-hybridized carbons (Fsp3) is 0.535. The molecule has 1 saturated heterocycles. The van der Waals surface area contributed by atoms with Crippen LogP contribution in [0.1, 0.15) is 108 Å². The molecule has 4 bridgehead atoms. The maximum atomic E-state index is 8.32. The lowest BCUT2D eigenvalue weighted by atomic mass is 9.49. The molecule has 4 saturated carbocycles.